The average molecular weight is 351 g/mol. The highest BCUT2D eigenvalue weighted by Gasteiger charge is 2.21. The molecule has 0 saturated carbocycles. The second-order valence-corrected chi connectivity index (χ2v) is 8.59. The van der Waals surface area contributed by atoms with Gasteiger partial charge in [0.15, 0.2) is 4.80 Å². The number of nitrogens with two attached hydrogens (primary N) is 1. The van der Waals surface area contributed by atoms with Crippen LogP contribution < -0.4 is 9.94 Å². The fourth-order valence-electron chi connectivity index (χ4n) is 1.81. The molecule has 0 radical (unpaired) electrons. The summed E-state index contributed by atoms with van der Waals surface area (Å²) in [5.41, 5.74) is 0.0939. The maximum absolute atomic E-state index is 12.2. The van der Waals surface area contributed by atoms with Crippen LogP contribution in [0.1, 0.15) is 20.8 Å². The van der Waals surface area contributed by atoms with Crippen molar-refractivity contribution in [2.45, 2.75) is 32.2 Å². The Morgan fingerprint density at radius 3 is 2.61 bits per heavy atom. The van der Waals surface area contributed by atoms with Gasteiger partial charge >= 0.3 is 0 Å². The largest absolute Gasteiger partial charge is 0.305 e. The van der Waals surface area contributed by atoms with Crippen LogP contribution in [0.5, 0.6) is 0 Å². The van der Waals surface area contributed by atoms with E-state index in [1.54, 1.807) is 31.4 Å². The fraction of sp³-hybridized carbons (Fsp3) is 0.333. The Balaban J connectivity index is 2.75. The van der Waals surface area contributed by atoms with Crippen molar-refractivity contribution in [3.05, 3.63) is 23.0 Å². The van der Waals surface area contributed by atoms with Crippen LogP contribution in [0.4, 0.5) is 0 Å². The zero-order valence-corrected chi connectivity index (χ0v) is 14.7. The Morgan fingerprint density at radius 2 is 2.09 bits per heavy atom. The molecule has 1 amide bonds. The molecule has 2 aromatic rings. The number of rotatable bonds is 2. The second kappa shape index (κ2) is 5.92. The van der Waals surface area contributed by atoms with Gasteiger partial charge in [0.1, 0.15) is 0 Å². The Labute approximate surface area is 138 Å². The third-order valence-electron chi connectivity index (χ3n) is 3.07. The van der Waals surface area contributed by atoms with Gasteiger partial charge in [0.05, 0.1) is 21.7 Å². The molecule has 2 rings (SSSR count). The first kappa shape index (κ1) is 17.4. The summed E-state index contributed by atoms with van der Waals surface area (Å²) < 4.78 is 25.3. The Bertz CT molecular complexity index is 984. The van der Waals surface area contributed by atoms with Gasteiger partial charge in [0, 0.05) is 5.41 Å². The molecule has 0 spiro atoms. The fourth-order valence-corrected chi connectivity index (χ4v) is 3.50. The molecule has 0 aliphatic rings. The van der Waals surface area contributed by atoms with Crippen molar-refractivity contribution in [2.24, 2.45) is 15.5 Å². The van der Waals surface area contributed by atoms with E-state index in [-0.39, 0.29) is 17.3 Å². The number of hydrogen-bond donors (Lipinski definition) is 1. The van der Waals surface area contributed by atoms with Gasteiger partial charge in [-0.05, 0) is 18.2 Å². The van der Waals surface area contributed by atoms with Crippen LogP contribution in [-0.4, -0.2) is 18.9 Å². The molecule has 1 aromatic heterocycles. The van der Waals surface area contributed by atoms with Crippen molar-refractivity contribution in [2.75, 3.05) is 0 Å². The van der Waals surface area contributed by atoms with Gasteiger partial charge in [-0.3, -0.25) is 4.79 Å². The summed E-state index contributed by atoms with van der Waals surface area (Å²) in [5.74, 6) is 2.24. The predicted octanol–water partition coefficient (Wildman–Crippen LogP) is 1.46. The second-order valence-electron chi connectivity index (χ2n) is 6.02. The summed E-state index contributed by atoms with van der Waals surface area (Å²) in [7, 11) is -3.80. The Morgan fingerprint density at radius 1 is 1.43 bits per heavy atom. The van der Waals surface area contributed by atoms with E-state index in [9.17, 15) is 13.2 Å². The number of aromatic nitrogens is 1. The van der Waals surface area contributed by atoms with E-state index in [1.807, 2.05) is 0 Å². The van der Waals surface area contributed by atoms with Gasteiger partial charge in [-0.15, -0.1) is 6.42 Å². The number of fused-ring (bicyclic) bond motifs is 1. The van der Waals surface area contributed by atoms with Crippen LogP contribution in [-0.2, 0) is 21.4 Å². The molecule has 0 unspecified atom stereocenters. The number of carbonyl (C=O) groups excluding carboxylic acids is 1. The molecular weight excluding hydrogens is 334 g/mol. The first-order chi connectivity index (χ1) is 10.5. The molecule has 0 atom stereocenters. The highest BCUT2D eigenvalue weighted by molar-refractivity contribution is 7.89. The van der Waals surface area contributed by atoms with Gasteiger partial charge in [-0.1, -0.05) is 38.0 Å². The maximum Gasteiger partial charge on any atom is 0.253 e. The van der Waals surface area contributed by atoms with Crippen LogP contribution in [0.3, 0.4) is 0 Å². The molecule has 1 aromatic carbocycles. The topological polar surface area (TPSA) is 94.5 Å². The molecule has 122 valence electrons. The van der Waals surface area contributed by atoms with E-state index in [0.29, 0.717) is 15.0 Å². The molecule has 0 aliphatic carbocycles. The minimum absolute atomic E-state index is 0.00723. The molecule has 23 heavy (non-hydrogen) atoms. The van der Waals surface area contributed by atoms with E-state index < -0.39 is 15.4 Å². The van der Waals surface area contributed by atoms with Gasteiger partial charge in [-0.2, -0.15) is 4.99 Å². The molecule has 1 heterocycles. The number of sulfonamides is 1. The first-order valence-electron chi connectivity index (χ1n) is 6.73. The monoisotopic (exact) mass is 351 g/mol. The normalized spacial score (nSPS) is 13.3. The molecule has 0 aliphatic heterocycles. The predicted molar refractivity (Wildman–Crippen MR) is 90.0 cm³/mol. The highest BCUT2D eigenvalue weighted by atomic mass is 32.2. The number of nitrogens with zero attached hydrogens (tertiary/aromatic N) is 2. The van der Waals surface area contributed by atoms with Crippen LogP contribution >= 0.6 is 11.3 Å². The summed E-state index contributed by atoms with van der Waals surface area (Å²) >= 11 is 1.20. The van der Waals surface area contributed by atoms with Crippen molar-refractivity contribution in [3.8, 4) is 12.3 Å². The summed E-state index contributed by atoms with van der Waals surface area (Å²) in [5, 5.41) is 5.15. The third kappa shape index (κ3) is 3.69. The number of thiazole rings is 1. The molecular formula is C15H17N3O3S2. The van der Waals surface area contributed by atoms with Crippen molar-refractivity contribution >= 4 is 37.5 Å². The molecule has 0 fully saturated rings. The average Bonchev–Trinajstić information content (AvgIpc) is 2.74. The zero-order valence-electron chi connectivity index (χ0n) is 13.0. The van der Waals surface area contributed by atoms with Crippen LogP contribution in [0.15, 0.2) is 28.1 Å². The Kier molecular flexibility index (Phi) is 4.48. The lowest BCUT2D eigenvalue weighted by atomic mass is 9.96. The lowest BCUT2D eigenvalue weighted by molar-refractivity contribution is -0.125. The van der Waals surface area contributed by atoms with Crippen LogP contribution in [0, 0.1) is 17.8 Å². The number of terminal acetylenes is 1. The zero-order chi connectivity index (χ0) is 17.4. The Hall–Kier alpha value is -1.95. The number of carbonyl (C=O) groups is 1. The van der Waals surface area contributed by atoms with Gasteiger partial charge in [0.2, 0.25) is 10.0 Å². The molecule has 6 nitrogen and oxygen atoms in total. The van der Waals surface area contributed by atoms with Crippen molar-refractivity contribution < 1.29 is 13.2 Å². The SMILES string of the molecule is C#CCn1c(=NC(=O)C(C)(C)C)sc2cc(S(N)(=O)=O)ccc21. The number of amides is 1. The standard InChI is InChI=1S/C15H17N3O3S2/c1-5-8-18-11-7-6-10(23(16,20)21)9-12(11)22-14(18)17-13(19)15(2,3)4/h1,6-7,9H,8H2,2-4H3,(H2,16,20,21). The molecule has 0 bridgehead atoms. The smallest absolute Gasteiger partial charge is 0.253 e. The summed E-state index contributed by atoms with van der Waals surface area (Å²) in [6.07, 6.45) is 5.39. The minimum atomic E-state index is -3.80. The summed E-state index contributed by atoms with van der Waals surface area (Å²) in [6, 6.07) is 4.49. The quantitative estimate of drug-likeness (QED) is 0.830. The maximum atomic E-state index is 12.2. The van der Waals surface area contributed by atoms with E-state index in [4.69, 9.17) is 11.6 Å². The molecule has 2 N–H and O–H groups in total. The minimum Gasteiger partial charge on any atom is -0.305 e. The number of primary sulfonamides is 1. The van der Waals surface area contributed by atoms with Gasteiger partial charge < -0.3 is 4.57 Å². The molecule has 0 saturated heterocycles. The summed E-state index contributed by atoms with van der Waals surface area (Å²) in [6.45, 7) is 5.55. The number of hydrogen-bond acceptors (Lipinski definition) is 4. The van der Waals surface area contributed by atoms with Crippen molar-refractivity contribution in [1.29, 1.82) is 0 Å². The van der Waals surface area contributed by atoms with Gasteiger partial charge in [0.25, 0.3) is 5.91 Å². The number of benzene rings is 1. The lowest BCUT2D eigenvalue weighted by Gasteiger charge is -2.11. The van der Waals surface area contributed by atoms with Crippen LogP contribution in [0.25, 0.3) is 10.2 Å². The van der Waals surface area contributed by atoms with Crippen molar-refractivity contribution in [1.82, 2.24) is 4.57 Å². The third-order valence-corrected chi connectivity index (χ3v) is 5.02. The lowest BCUT2D eigenvalue weighted by Crippen LogP contribution is -2.23. The van der Waals surface area contributed by atoms with E-state index in [0.717, 1.165) is 0 Å². The highest BCUT2D eigenvalue weighted by Crippen LogP contribution is 2.22. The van der Waals surface area contributed by atoms with E-state index >= 15 is 0 Å². The van der Waals surface area contributed by atoms with E-state index in [2.05, 4.69) is 10.9 Å². The van der Waals surface area contributed by atoms with E-state index in [1.165, 1.54) is 23.5 Å². The molecule has 8 heteroatoms. The van der Waals surface area contributed by atoms with Crippen LogP contribution in [0.2, 0.25) is 0 Å². The first-order valence-corrected chi connectivity index (χ1v) is 9.09. The van der Waals surface area contributed by atoms with Gasteiger partial charge in [-0.25, -0.2) is 13.6 Å². The van der Waals surface area contributed by atoms with Crippen molar-refractivity contribution in [3.63, 3.8) is 0 Å². The summed E-state index contributed by atoms with van der Waals surface area (Å²) in [4.78, 5) is 16.7.